The van der Waals surface area contributed by atoms with E-state index in [2.05, 4.69) is 5.16 Å². The fourth-order valence-corrected chi connectivity index (χ4v) is 3.00. The summed E-state index contributed by atoms with van der Waals surface area (Å²) in [6.45, 7) is 1.08. The molecule has 0 saturated carbocycles. The fourth-order valence-electron chi connectivity index (χ4n) is 2.87. The van der Waals surface area contributed by atoms with Crippen molar-refractivity contribution in [2.75, 3.05) is 6.54 Å². The van der Waals surface area contributed by atoms with E-state index in [1.165, 1.54) is 6.08 Å². The zero-order chi connectivity index (χ0) is 17.2. The maximum atomic E-state index is 12.4. The van der Waals surface area contributed by atoms with Gasteiger partial charge in [-0.15, -0.1) is 0 Å². The Labute approximate surface area is 149 Å². The molecule has 2 aromatic heterocycles. The van der Waals surface area contributed by atoms with Crippen molar-refractivity contribution < 1.29 is 13.7 Å². The highest BCUT2D eigenvalue weighted by molar-refractivity contribution is 6.30. The summed E-state index contributed by atoms with van der Waals surface area (Å²) in [5.74, 6) is 1.28. The quantitative estimate of drug-likeness (QED) is 0.662. The van der Waals surface area contributed by atoms with Crippen molar-refractivity contribution in [2.45, 2.75) is 13.0 Å². The number of aromatic nitrogens is 1. The first-order valence-corrected chi connectivity index (χ1v) is 8.32. The lowest BCUT2D eigenvalue weighted by atomic mass is 10.0. The third-order valence-electron chi connectivity index (χ3n) is 4.19. The third kappa shape index (κ3) is 3.23. The number of hydrogen-bond acceptors (Lipinski definition) is 4. The molecule has 3 heterocycles. The normalized spacial score (nSPS) is 14.0. The number of halogens is 1. The van der Waals surface area contributed by atoms with Crippen molar-refractivity contribution in [3.63, 3.8) is 0 Å². The first kappa shape index (κ1) is 15.7. The van der Waals surface area contributed by atoms with E-state index < -0.39 is 0 Å². The van der Waals surface area contributed by atoms with Gasteiger partial charge in [0, 0.05) is 35.2 Å². The van der Waals surface area contributed by atoms with Crippen LogP contribution in [-0.4, -0.2) is 22.5 Å². The summed E-state index contributed by atoms with van der Waals surface area (Å²) in [6, 6.07) is 11.0. The van der Waals surface area contributed by atoms with Gasteiger partial charge in [0.05, 0.1) is 18.5 Å². The fraction of sp³-hybridized carbons (Fsp3) is 0.158. The highest BCUT2D eigenvalue weighted by atomic mass is 35.5. The number of carbonyl (C=O) groups excluding carboxylic acids is 1. The zero-order valence-electron chi connectivity index (χ0n) is 13.3. The monoisotopic (exact) mass is 354 g/mol. The van der Waals surface area contributed by atoms with Gasteiger partial charge in [-0.3, -0.25) is 4.79 Å². The number of nitrogens with zero attached hydrogens (tertiary/aromatic N) is 2. The van der Waals surface area contributed by atoms with Crippen molar-refractivity contribution in [2.24, 2.45) is 0 Å². The Morgan fingerprint density at radius 3 is 2.84 bits per heavy atom. The van der Waals surface area contributed by atoms with E-state index in [-0.39, 0.29) is 5.91 Å². The van der Waals surface area contributed by atoms with E-state index >= 15 is 0 Å². The standard InChI is InChI=1S/C19H15ClN2O3/c20-14-5-3-13(4-6-14)19-16-12-22(10-9-17(16)21-25-19)18(23)8-7-15-2-1-11-24-15/h1-8,11H,9-10,12H2/b8-7+. The van der Waals surface area contributed by atoms with E-state index in [9.17, 15) is 4.79 Å². The van der Waals surface area contributed by atoms with Gasteiger partial charge in [-0.25, -0.2) is 0 Å². The number of carbonyl (C=O) groups is 1. The van der Waals surface area contributed by atoms with Gasteiger partial charge in [0.25, 0.3) is 0 Å². The smallest absolute Gasteiger partial charge is 0.247 e. The van der Waals surface area contributed by atoms with Crippen LogP contribution in [0.4, 0.5) is 0 Å². The molecule has 1 aliphatic heterocycles. The minimum atomic E-state index is -0.0645. The van der Waals surface area contributed by atoms with Gasteiger partial charge in [-0.05, 0) is 42.5 Å². The summed E-state index contributed by atoms with van der Waals surface area (Å²) in [5.41, 5.74) is 2.76. The molecule has 0 radical (unpaired) electrons. The van der Waals surface area contributed by atoms with Gasteiger partial charge >= 0.3 is 0 Å². The molecule has 0 atom stereocenters. The SMILES string of the molecule is O=C(/C=C/c1ccco1)N1CCc2noc(-c3ccc(Cl)cc3)c2C1. The number of benzene rings is 1. The zero-order valence-corrected chi connectivity index (χ0v) is 14.1. The van der Waals surface area contributed by atoms with Gasteiger partial charge < -0.3 is 13.8 Å². The van der Waals surface area contributed by atoms with Gasteiger partial charge in [0.1, 0.15) is 5.76 Å². The number of rotatable bonds is 3. The second kappa shape index (κ2) is 6.61. The van der Waals surface area contributed by atoms with Gasteiger partial charge in [0.15, 0.2) is 5.76 Å². The average Bonchev–Trinajstić information content (AvgIpc) is 3.29. The summed E-state index contributed by atoms with van der Waals surface area (Å²) >= 11 is 5.94. The summed E-state index contributed by atoms with van der Waals surface area (Å²) in [7, 11) is 0. The van der Waals surface area contributed by atoms with Gasteiger partial charge in [0.2, 0.25) is 5.91 Å². The third-order valence-corrected chi connectivity index (χ3v) is 4.44. The molecule has 126 valence electrons. The highest BCUT2D eigenvalue weighted by Gasteiger charge is 2.26. The molecule has 4 rings (SSSR count). The van der Waals surface area contributed by atoms with Crippen LogP contribution in [0, 0.1) is 0 Å². The Bertz CT molecular complexity index is 911. The van der Waals surface area contributed by atoms with E-state index in [1.807, 2.05) is 24.3 Å². The Balaban J connectivity index is 1.55. The minimum absolute atomic E-state index is 0.0645. The van der Waals surface area contributed by atoms with Crippen LogP contribution in [0.3, 0.4) is 0 Å². The van der Waals surface area contributed by atoms with Crippen LogP contribution in [0.5, 0.6) is 0 Å². The number of amides is 1. The highest BCUT2D eigenvalue weighted by Crippen LogP contribution is 2.31. The number of hydrogen-bond donors (Lipinski definition) is 0. The van der Waals surface area contributed by atoms with Crippen molar-refractivity contribution in [3.8, 4) is 11.3 Å². The molecule has 3 aromatic rings. The number of fused-ring (bicyclic) bond motifs is 1. The van der Waals surface area contributed by atoms with E-state index in [4.69, 9.17) is 20.5 Å². The first-order chi connectivity index (χ1) is 12.2. The molecule has 0 N–H and O–H groups in total. The maximum absolute atomic E-state index is 12.4. The molecule has 0 bridgehead atoms. The Morgan fingerprint density at radius 2 is 2.08 bits per heavy atom. The van der Waals surface area contributed by atoms with E-state index in [1.54, 1.807) is 29.4 Å². The van der Waals surface area contributed by atoms with Crippen LogP contribution in [0.1, 0.15) is 17.0 Å². The molecule has 5 nitrogen and oxygen atoms in total. The second-order valence-corrected chi connectivity index (χ2v) is 6.24. The van der Waals surface area contributed by atoms with Gasteiger partial charge in [-0.1, -0.05) is 16.8 Å². The first-order valence-electron chi connectivity index (χ1n) is 7.94. The van der Waals surface area contributed by atoms with Crippen LogP contribution in [0.25, 0.3) is 17.4 Å². The molecule has 1 amide bonds. The van der Waals surface area contributed by atoms with Crippen LogP contribution in [0.15, 0.2) is 57.7 Å². The summed E-state index contributed by atoms with van der Waals surface area (Å²) < 4.78 is 10.7. The summed E-state index contributed by atoms with van der Waals surface area (Å²) in [5, 5.41) is 4.82. The molecule has 1 aromatic carbocycles. The molecule has 0 aliphatic carbocycles. The number of furan rings is 1. The molecule has 6 heteroatoms. The second-order valence-electron chi connectivity index (χ2n) is 5.80. The lowest BCUT2D eigenvalue weighted by Crippen LogP contribution is -2.34. The molecule has 0 unspecified atom stereocenters. The predicted molar refractivity (Wildman–Crippen MR) is 93.8 cm³/mol. The molecule has 0 spiro atoms. The molecular weight excluding hydrogens is 340 g/mol. The lowest BCUT2D eigenvalue weighted by molar-refractivity contribution is -0.126. The Morgan fingerprint density at radius 1 is 1.24 bits per heavy atom. The van der Waals surface area contributed by atoms with Crippen molar-refractivity contribution in [1.29, 1.82) is 0 Å². The van der Waals surface area contributed by atoms with E-state index in [0.29, 0.717) is 36.1 Å². The molecule has 0 fully saturated rings. The minimum Gasteiger partial charge on any atom is -0.465 e. The van der Waals surface area contributed by atoms with Crippen LogP contribution in [0.2, 0.25) is 5.02 Å². The topological polar surface area (TPSA) is 59.5 Å². The van der Waals surface area contributed by atoms with E-state index in [0.717, 1.165) is 16.8 Å². The largest absolute Gasteiger partial charge is 0.465 e. The average molecular weight is 355 g/mol. The van der Waals surface area contributed by atoms with Crippen molar-refractivity contribution in [1.82, 2.24) is 10.1 Å². The molecular formula is C19H15ClN2O3. The lowest BCUT2D eigenvalue weighted by Gasteiger charge is -2.25. The predicted octanol–water partition coefficient (Wildman–Crippen LogP) is 4.19. The molecule has 1 aliphatic rings. The summed E-state index contributed by atoms with van der Waals surface area (Å²) in [6.07, 6.45) is 5.45. The van der Waals surface area contributed by atoms with Gasteiger partial charge in [-0.2, -0.15) is 0 Å². The Hall–Kier alpha value is -2.79. The molecule has 0 saturated heterocycles. The van der Waals surface area contributed by atoms with Crippen LogP contribution >= 0.6 is 11.6 Å². The summed E-state index contributed by atoms with van der Waals surface area (Å²) in [4.78, 5) is 14.2. The van der Waals surface area contributed by atoms with Crippen LogP contribution < -0.4 is 0 Å². The molecule has 25 heavy (non-hydrogen) atoms. The van der Waals surface area contributed by atoms with Crippen molar-refractivity contribution >= 4 is 23.6 Å². The maximum Gasteiger partial charge on any atom is 0.247 e. The van der Waals surface area contributed by atoms with Crippen molar-refractivity contribution in [3.05, 3.63) is 70.8 Å². The Kier molecular flexibility index (Phi) is 4.15. The van der Waals surface area contributed by atoms with Crippen LogP contribution in [-0.2, 0) is 17.8 Å².